The van der Waals surface area contributed by atoms with E-state index in [2.05, 4.69) is 4.72 Å². The Morgan fingerprint density at radius 1 is 1.47 bits per heavy atom. The van der Waals surface area contributed by atoms with Gasteiger partial charge in [0.15, 0.2) is 0 Å². The smallest absolute Gasteiger partial charge is 0.214 e. The molecule has 1 aliphatic rings. The van der Waals surface area contributed by atoms with Gasteiger partial charge in [0.1, 0.15) is 0 Å². The molecule has 1 rings (SSSR count). The molecule has 0 amide bonds. The van der Waals surface area contributed by atoms with Crippen LogP contribution in [0.15, 0.2) is 0 Å². The number of rotatable bonds is 7. The minimum atomic E-state index is -3.29. The Bertz CT molecular complexity index is 295. The summed E-state index contributed by atoms with van der Waals surface area (Å²) < 4.78 is 37.0. The minimum Gasteiger partial charge on any atom is -0.383 e. The van der Waals surface area contributed by atoms with Crippen molar-refractivity contribution in [3.05, 3.63) is 0 Å². The van der Waals surface area contributed by atoms with Crippen LogP contribution in [0.2, 0.25) is 0 Å². The highest BCUT2D eigenvalue weighted by molar-refractivity contribution is 7.90. The van der Waals surface area contributed by atoms with E-state index in [-0.39, 0.29) is 11.3 Å². The molecule has 1 unspecified atom stereocenters. The second-order valence-electron chi connectivity index (χ2n) is 4.20. The van der Waals surface area contributed by atoms with Crippen molar-refractivity contribution < 1.29 is 17.9 Å². The third-order valence-electron chi connectivity index (χ3n) is 2.82. The summed E-state index contributed by atoms with van der Waals surface area (Å²) in [4.78, 5) is 0. The van der Waals surface area contributed by atoms with Gasteiger partial charge in [-0.2, -0.15) is 0 Å². The van der Waals surface area contributed by atoms with Crippen LogP contribution >= 0.6 is 0 Å². The summed E-state index contributed by atoms with van der Waals surface area (Å²) in [5.74, 6) is 0. The molecule has 102 valence electrons. The van der Waals surface area contributed by atoms with Crippen molar-refractivity contribution >= 4 is 10.0 Å². The summed E-state index contributed by atoms with van der Waals surface area (Å²) in [6, 6.07) is -0.238. The normalized spacial score (nSPS) is 20.4. The summed E-state index contributed by atoms with van der Waals surface area (Å²) in [6.07, 6.45) is 1.69. The van der Waals surface area contributed by atoms with E-state index in [1.54, 1.807) is 7.11 Å². The Morgan fingerprint density at radius 3 is 2.65 bits per heavy atom. The molecule has 7 heteroatoms. The maximum Gasteiger partial charge on any atom is 0.214 e. The van der Waals surface area contributed by atoms with Crippen LogP contribution in [0.3, 0.4) is 0 Å². The first-order valence-electron chi connectivity index (χ1n) is 5.88. The van der Waals surface area contributed by atoms with E-state index in [1.165, 1.54) is 0 Å². The van der Waals surface area contributed by atoms with Gasteiger partial charge in [-0.25, -0.2) is 13.1 Å². The van der Waals surface area contributed by atoms with Gasteiger partial charge in [0.25, 0.3) is 0 Å². The summed E-state index contributed by atoms with van der Waals surface area (Å²) in [5, 5.41) is -0.353. The van der Waals surface area contributed by atoms with Gasteiger partial charge in [-0.05, 0) is 25.8 Å². The predicted molar refractivity (Wildman–Crippen MR) is 65.2 cm³/mol. The highest BCUT2D eigenvalue weighted by Gasteiger charge is 2.29. The Kier molecular flexibility index (Phi) is 6.35. The average molecular weight is 266 g/mol. The van der Waals surface area contributed by atoms with Crippen LogP contribution in [-0.2, 0) is 19.5 Å². The van der Waals surface area contributed by atoms with Crippen LogP contribution in [0.5, 0.6) is 0 Å². The topological polar surface area (TPSA) is 90.6 Å². The van der Waals surface area contributed by atoms with Gasteiger partial charge in [-0.1, -0.05) is 0 Å². The Hall–Kier alpha value is -0.210. The van der Waals surface area contributed by atoms with Crippen molar-refractivity contribution in [2.45, 2.75) is 30.6 Å². The van der Waals surface area contributed by atoms with Crippen LogP contribution in [0.4, 0.5) is 0 Å². The second-order valence-corrected chi connectivity index (χ2v) is 6.20. The second kappa shape index (κ2) is 7.27. The number of hydrogen-bond donors (Lipinski definition) is 2. The third-order valence-corrected chi connectivity index (χ3v) is 4.83. The molecule has 0 aliphatic carbocycles. The standard InChI is InChI=1S/C10H22N2O4S/c1-15-8-9(2-5-11)12-17(13,14)10-3-6-16-7-4-10/h9-10,12H,2-8,11H2,1H3. The van der Waals surface area contributed by atoms with Crippen molar-refractivity contribution in [1.29, 1.82) is 0 Å². The van der Waals surface area contributed by atoms with E-state index in [0.29, 0.717) is 45.6 Å². The number of ether oxygens (including phenoxy) is 2. The number of nitrogens with two attached hydrogens (primary N) is 1. The maximum atomic E-state index is 12.1. The van der Waals surface area contributed by atoms with Gasteiger partial charge >= 0.3 is 0 Å². The third kappa shape index (κ3) is 4.89. The fraction of sp³-hybridized carbons (Fsp3) is 1.00. The number of nitrogens with one attached hydrogen (secondary N) is 1. The summed E-state index contributed by atoms with van der Waals surface area (Å²) >= 11 is 0. The molecule has 1 saturated heterocycles. The Labute approximate surface area is 103 Å². The molecule has 1 fully saturated rings. The monoisotopic (exact) mass is 266 g/mol. The van der Waals surface area contributed by atoms with Crippen LogP contribution in [0.25, 0.3) is 0 Å². The average Bonchev–Trinajstić information content (AvgIpc) is 2.30. The lowest BCUT2D eigenvalue weighted by atomic mass is 10.2. The highest BCUT2D eigenvalue weighted by atomic mass is 32.2. The molecule has 17 heavy (non-hydrogen) atoms. The number of methoxy groups -OCH3 is 1. The summed E-state index contributed by atoms with van der Waals surface area (Å²) in [6.45, 7) is 1.80. The molecule has 0 bridgehead atoms. The van der Waals surface area contributed by atoms with Crippen LogP contribution in [-0.4, -0.2) is 53.2 Å². The number of hydrogen-bond acceptors (Lipinski definition) is 5. The molecule has 0 aromatic carbocycles. The molecule has 0 spiro atoms. The van der Waals surface area contributed by atoms with Gasteiger partial charge < -0.3 is 15.2 Å². The summed E-state index contributed by atoms with van der Waals surface area (Å²) in [7, 11) is -1.74. The summed E-state index contributed by atoms with van der Waals surface area (Å²) in [5.41, 5.74) is 5.45. The van der Waals surface area contributed by atoms with Crippen molar-refractivity contribution in [2.75, 3.05) is 33.5 Å². The Balaban J connectivity index is 2.55. The van der Waals surface area contributed by atoms with Crippen molar-refractivity contribution in [2.24, 2.45) is 5.73 Å². The fourth-order valence-electron chi connectivity index (χ4n) is 1.89. The lowest BCUT2D eigenvalue weighted by Gasteiger charge is -2.25. The van der Waals surface area contributed by atoms with Gasteiger partial charge in [0.2, 0.25) is 10.0 Å². The van der Waals surface area contributed by atoms with Gasteiger partial charge in [-0.15, -0.1) is 0 Å². The first-order chi connectivity index (χ1) is 8.10. The van der Waals surface area contributed by atoms with Crippen LogP contribution < -0.4 is 10.5 Å². The predicted octanol–water partition coefficient (Wildman–Crippen LogP) is -0.551. The first kappa shape index (κ1) is 14.8. The molecular formula is C10H22N2O4S. The molecule has 1 atom stereocenters. The zero-order valence-electron chi connectivity index (χ0n) is 10.2. The van der Waals surface area contributed by atoms with Crippen LogP contribution in [0.1, 0.15) is 19.3 Å². The molecule has 0 saturated carbocycles. The van der Waals surface area contributed by atoms with Gasteiger partial charge in [0.05, 0.1) is 11.9 Å². The van der Waals surface area contributed by atoms with Crippen LogP contribution in [0, 0.1) is 0 Å². The van der Waals surface area contributed by atoms with E-state index in [1.807, 2.05) is 0 Å². The Morgan fingerprint density at radius 2 is 2.12 bits per heavy atom. The van der Waals surface area contributed by atoms with E-state index >= 15 is 0 Å². The molecule has 1 aliphatic heterocycles. The van der Waals surface area contributed by atoms with Gasteiger partial charge in [0, 0.05) is 26.4 Å². The lowest BCUT2D eigenvalue weighted by molar-refractivity contribution is 0.0978. The van der Waals surface area contributed by atoms with E-state index in [4.69, 9.17) is 15.2 Å². The zero-order valence-corrected chi connectivity index (χ0v) is 11.0. The van der Waals surface area contributed by atoms with E-state index in [9.17, 15) is 8.42 Å². The zero-order chi connectivity index (χ0) is 12.7. The van der Waals surface area contributed by atoms with Gasteiger partial charge in [-0.3, -0.25) is 0 Å². The van der Waals surface area contributed by atoms with Crippen molar-refractivity contribution in [1.82, 2.24) is 4.72 Å². The molecule has 0 aromatic heterocycles. The molecule has 6 nitrogen and oxygen atoms in total. The largest absolute Gasteiger partial charge is 0.383 e. The minimum absolute atomic E-state index is 0.238. The molecule has 0 aromatic rings. The molecular weight excluding hydrogens is 244 g/mol. The van der Waals surface area contributed by atoms with Crippen molar-refractivity contribution in [3.8, 4) is 0 Å². The first-order valence-corrected chi connectivity index (χ1v) is 7.42. The molecule has 3 N–H and O–H groups in total. The highest BCUT2D eigenvalue weighted by Crippen LogP contribution is 2.15. The quantitative estimate of drug-likeness (QED) is 0.645. The lowest BCUT2D eigenvalue weighted by Crippen LogP contribution is -2.45. The SMILES string of the molecule is COCC(CCN)NS(=O)(=O)C1CCOCC1. The van der Waals surface area contributed by atoms with Crippen molar-refractivity contribution in [3.63, 3.8) is 0 Å². The fourth-order valence-corrected chi connectivity index (χ4v) is 3.55. The van der Waals surface area contributed by atoms with E-state index in [0.717, 1.165) is 0 Å². The molecule has 1 heterocycles. The molecule has 0 radical (unpaired) electrons. The number of sulfonamides is 1. The maximum absolute atomic E-state index is 12.1. The van der Waals surface area contributed by atoms with E-state index < -0.39 is 10.0 Å².